The summed E-state index contributed by atoms with van der Waals surface area (Å²) in [7, 11) is 0. The molecule has 0 aliphatic heterocycles. The van der Waals surface area contributed by atoms with Crippen LogP contribution in [0.4, 0.5) is 14.5 Å². The van der Waals surface area contributed by atoms with Crippen LogP contribution in [-0.2, 0) is 4.79 Å². The highest BCUT2D eigenvalue weighted by atomic mass is 19.1. The summed E-state index contributed by atoms with van der Waals surface area (Å²) < 4.78 is 26.6. The Hall–Kier alpha value is -3.85. The summed E-state index contributed by atoms with van der Waals surface area (Å²) in [5.74, 6) is -3.51. The minimum Gasteiger partial charge on any atom is -0.508 e. The molecule has 1 unspecified atom stereocenters. The quantitative estimate of drug-likeness (QED) is 0.289. The first-order chi connectivity index (χ1) is 15.8. The molecule has 3 atom stereocenters. The summed E-state index contributed by atoms with van der Waals surface area (Å²) in [5, 5.41) is 34.1. The fourth-order valence-corrected chi connectivity index (χ4v) is 3.67. The van der Waals surface area contributed by atoms with Crippen molar-refractivity contribution in [3.8, 4) is 5.75 Å². The third-order valence-electron chi connectivity index (χ3n) is 5.38. The van der Waals surface area contributed by atoms with E-state index in [9.17, 15) is 33.8 Å². The molecule has 0 heterocycles. The van der Waals surface area contributed by atoms with Gasteiger partial charge in [0.05, 0.1) is 29.0 Å². The fourth-order valence-electron chi connectivity index (χ4n) is 3.67. The van der Waals surface area contributed by atoms with Crippen LogP contribution in [0.1, 0.15) is 36.1 Å². The number of aliphatic carboxylic acids is 1. The van der Waals surface area contributed by atoms with Crippen molar-refractivity contribution >= 4 is 11.7 Å². The van der Waals surface area contributed by atoms with Crippen LogP contribution in [0.2, 0.25) is 0 Å². The molecule has 0 aromatic heterocycles. The van der Waals surface area contributed by atoms with Crippen molar-refractivity contribution in [1.29, 1.82) is 0 Å². The molecule has 0 spiro atoms. The van der Waals surface area contributed by atoms with Gasteiger partial charge in [0.1, 0.15) is 17.4 Å². The highest BCUT2D eigenvalue weighted by molar-refractivity contribution is 5.72. The highest BCUT2D eigenvalue weighted by Crippen LogP contribution is 2.38. The maximum absolute atomic E-state index is 13.4. The average molecular weight is 456 g/mol. The Morgan fingerprint density at radius 2 is 1.36 bits per heavy atom. The Labute approximate surface area is 188 Å². The van der Waals surface area contributed by atoms with Gasteiger partial charge in [-0.3, -0.25) is 4.79 Å². The van der Waals surface area contributed by atoms with Gasteiger partial charge in [-0.1, -0.05) is 24.3 Å². The zero-order valence-corrected chi connectivity index (χ0v) is 17.4. The van der Waals surface area contributed by atoms with Crippen molar-refractivity contribution in [1.82, 2.24) is 0 Å². The van der Waals surface area contributed by atoms with E-state index in [2.05, 4.69) is 5.29 Å². The molecule has 0 bridgehead atoms. The minimum atomic E-state index is -1.24. The zero-order valence-electron chi connectivity index (χ0n) is 17.4. The van der Waals surface area contributed by atoms with E-state index < -0.39 is 35.7 Å². The Morgan fingerprint density at radius 1 is 0.848 bits per heavy atom. The number of carbonyl (C=O) groups is 1. The number of carboxylic acid groups (broad SMARTS) is 1. The Balaban J connectivity index is 1.95. The molecule has 3 aromatic rings. The number of hydrogen-bond acceptors (Lipinski definition) is 5. The molecule has 3 N–H and O–H groups in total. The monoisotopic (exact) mass is 456 g/mol. The molecule has 0 amide bonds. The van der Waals surface area contributed by atoms with E-state index in [1.165, 1.54) is 60.7 Å². The molecule has 0 aliphatic carbocycles. The maximum Gasteiger partial charge on any atom is 0.309 e. The number of aliphatic hydroxyl groups is 1. The first kappa shape index (κ1) is 23.8. The number of phenolic OH excluding ortho intramolecular Hbond substituents is 1. The highest BCUT2D eigenvalue weighted by Gasteiger charge is 2.36. The molecule has 3 rings (SSSR count). The summed E-state index contributed by atoms with van der Waals surface area (Å²) in [5.41, 5.74) is 0.973. The van der Waals surface area contributed by atoms with Crippen LogP contribution in [0.3, 0.4) is 0 Å². The van der Waals surface area contributed by atoms with Crippen LogP contribution in [0.15, 0.2) is 78.1 Å². The number of rotatable bonds is 10. The smallest absolute Gasteiger partial charge is 0.309 e. The van der Waals surface area contributed by atoms with Crippen molar-refractivity contribution < 1.29 is 28.9 Å². The molecule has 0 radical (unpaired) electrons. The first-order valence-corrected chi connectivity index (χ1v) is 10.1. The summed E-state index contributed by atoms with van der Waals surface area (Å²) >= 11 is 0. The predicted molar refractivity (Wildman–Crippen MR) is 117 cm³/mol. The van der Waals surface area contributed by atoms with Crippen molar-refractivity contribution in [2.75, 3.05) is 5.01 Å². The van der Waals surface area contributed by atoms with E-state index in [4.69, 9.17) is 0 Å². The second kappa shape index (κ2) is 10.6. The Kier molecular flexibility index (Phi) is 7.68. The van der Waals surface area contributed by atoms with Gasteiger partial charge < -0.3 is 15.3 Å². The number of aliphatic hydroxyl groups excluding tert-OH is 1. The van der Waals surface area contributed by atoms with Crippen LogP contribution in [0, 0.1) is 22.5 Å². The number of aromatic hydroxyl groups is 1. The molecule has 9 heteroatoms. The first-order valence-electron chi connectivity index (χ1n) is 10.1. The standard InChI is InChI=1S/C24H22F2N2O5/c25-17-5-1-15(2-6-17)22(30)14-13-21(24(31)32)23(16-3-11-20(29)12-4-16)28(27-33)19-9-7-18(26)8-10-19/h1-12,21-23,29-30H,13-14H2,(H,31,32)/t21?,22-,23+/m0/s1. The number of nitrogens with zero attached hydrogens (tertiary/aromatic N) is 2. The van der Waals surface area contributed by atoms with Crippen LogP contribution >= 0.6 is 0 Å². The predicted octanol–water partition coefficient (Wildman–Crippen LogP) is 5.11. The zero-order chi connectivity index (χ0) is 24.0. The molecular formula is C24H22F2N2O5. The van der Waals surface area contributed by atoms with Gasteiger partial charge in [0.25, 0.3) is 0 Å². The fraction of sp³-hybridized carbons (Fsp3) is 0.208. The van der Waals surface area contributed by atoms with Crippen LogP contribution in [0.5, 0.6) is 5.75 Å². The minimum absolute atomic E-state index is 0.00724. The number of nitroso groups, excluding NO2 is 1. The lowest BCUT2D eigenvalue weighted by Gasteiger charge is -2.32. The van der Waals surface area contributed by atoms with Crippen molar-refractivity contribution in [3.63, 3.8) is 0 Å². The van der Waals surface area contributed by atoms with E-state index >= 15 is 0 Å². The molecule has 0 saturated carbocycles. The molecular weight excluding hydrogens is 434 g/mol. The third kappa shape index (κ3) is 5.89. The number of carboxylic acids is 1. The van der Waals surface area contributed by atoms with Gasteiger partial charge in [0.2, 0.25) is 0 Å². The van der Waals surface area contributed by atoms with Gasteiger partial charge >= 0.3 is 5.97 Å². The summed E-state index contributed by atoms with van der Waals surface area (Å²) in [6.07, 6.45) is -1.11. The second-order valence-electron chi connectivity index (χ2n) is 7.53. The van der Waals surface area contributed by atoms with Crippen molar-refractivity contribution in [3.05, 3.63) is 100 Å². The second-order valence-corrected chi connectivity index (χ2v) is 7.53. The van der Waals surface area contributed by atoms with Crippen LogP contribution in [0.25, 0.3) is 0 Å². The van der Waals surface area contributed by atoms with Crippen molar-refractivity contribution in [2.45, 2.75) is 25.0 Å². The molecule has 0 fully saturated rings. The van der Waals surface area contributed by atoms with Gasteiger partial charge in [0, 0.05) is 0 Å². The lowest BCUT2D eigenvalue weighted by Crippen LogP contribution is -2.34. The number of anilines is 1. The van der Waals surface area contributed by atoms with Gasteiger partial charge in [-0.15, -0.1) is 4.91 Å². The average Bonchev–Trinajstić information content (AvgIpc) is 2.80. The Bertz CT molecular complexity index is 1080. The summed E-state index contributed by atoms with van der Waals surface area (Å²) in [6.45, 7) is 0. The summed E-state index contributed by atoms with van der Waals surface area (Å²) in [6, 6.07) is 14.6. The maximum atomic E-state index is 13.4. The molecule has 3 aromatic carbocycles. The largest absolute Gasteiger partial charge is 0.508 e. The Morgan fingerprint density at radius 3 is 1.88 bits per heavy atom. The van der Waals surface area contributed by atoms with Crippen LogP contribution in [-0.4, -0.2) is 21.3 Å². The SMILES string of the molecule is O=NN(c1ccc(F)cc1)[C@H](c1ccc(O)cc1)C(CC[C@H](O)c1ccc(F)cc1)C(=O)O. The van der Waals surface area contributed by atoms with E-state index in [0.29, 0.717) is 11.1 Å². The number of hydrogen-bond donors (Lipinski definition) is 3. The van der Waals surface area contributed by atoms with E-state index in [0.717, 1.165) is 17.1 Å². The lowest BCUT2D eigenvalue weighted by atomic mass is 9.86. The van der Waals surface area contributed by atoms with Crippen molar-refractivity contribution in [2.24, 2.45) is 11.2 Å². The van der Waals surface area contributed by atoms with Gasteiger partial charge in [-0.2, -0.15) is 0 Å². The number of halogens is 2. The molecule has 33 heavy (non-hydrogen) atoms. The number of phenols is 1. The van der Waals surface area contributed by atoms with E-state index in [-0.39, 0.29) is 24.3 Å². The van der Waals surface area contributed by atoms with E-state index in [1.54, 1.807) is 0 Å². The molecule has 0 saturated heterocycles. The molecule has 7 nitrogen and oxygen atoms in total. The third-order valence-corrected chi connectivity index (χ3v) is 5.38. The summed E-state index contributed by atoms with van der Waals surface area (Å²) in [4.78, 5) is 24.1. The van der Waals surface area contributed by atoms with Gasteiger partial charge in [0.15, 0.2) is 0 Å². The van der Waals surface area contributed by atoms with Crippen LogP contribution < -0.4 is 5.01 Å². The molecule has 0 aliphatic rings. The van der Waals surface area contributed by atoms with Gasteiger partial charge in [-0.05, 0) is 72.5 Å². The molecule has 172 valence electrons. The lowest BCUT2D eigenvalue weighted by molar-refractivity contribution is -0.143. The topological polar surface area (TPSA) is 110 Å². The van der Waals surface area contributed by atoms with Gasteiger partial charge in [-0.25, -0.2) is 13.8 Å². The van der Waals surface area contributed by atoms with E-state index in [1.807, 2.05) is 0 Å². The normalized spacial score (nSPS) is 13.7. The number of benzene rings is 3.